The lowest BCUT2D eigenvalue weighted by atomic mass is 9.61. The molecule has 0 bridgehead atoms. The van der Waals surface area contributed by atoms with Crippen molar-refractivity contribution in [3.05, 3.63) is 283 Å². The lowest BCUT2D eigenvalue weighted by Gasteiger charge is -2.50. The lowest BCUT2D eigenvalue weighted by molar-refractivity contribution is 0.195. The zero-order valence-corrected chi connectivity index (χ0v) is 44.3. The highest BCUT2D eigenvalue weighted by Crippen LogP contribution is 2.63. The van der Waals surface area contributed by atoms with Gasteiger partial charge in [-0.05, 0) is 131 Å². The number of hydrogen-bond acceptors (Lipinski definition) is 4. The largest absolute Gasteiger partial charge is 0.455 e. The maximum Gasteiger partial charge on any atom is 0.159 e. The topological polar surface area (TPSA) is 32.8 Å². The Kier molecular flexibility index (Phi) is 10.0. The van der Waals surface area contributed by atoms with E-state index < -0.39 is 5.41 Å². The normalized spacial score (nSPS) is 18.0. The summed E-state index contributed by atoms with van der Waals surface area (Å²) < 4.78 is 14.1. The molecule has 0 amide bonds. The van der Waals surface area contributed by atoms with E-state index in [2.05, 4.69) is 278 Å². The Morgan fingerprint density at radius 3 is 1.78 bits per heavy atom. The van der Waals surface area contributed by atoms with Crippen molar-refractivity contribution in [2.45, 2.75) is 55.9 Å². The molecule has 0 saturated heterocycles. The molecule has 0 spiro atoms. The van der Waals surface area contributed by atoms with Crippen molar-refractivity contribution >= 4 is 72.3 Å². The van der Waals surface area contributed by atoms with Crippen molar-refractivity contribution in [2.75, 3.05) is 9.80 Å². The summed E-state index contributed by atoms with van der Waals surface area (Å²) in [4.78, 5) is 5.10. The first-order valence-electron chi connectivity index (χ1n) is 28.0. The minimum absolute atomic E-state index is 0.0383. The fraction of sp³-hybridized carbons (Fsp3) is 0.120. The van der Waals surface area contributed by atoms with E-state index >= 15 is 0 Å². The molecule has 378 valence electrons. The van der Waals surface area contributed by atoms with Gasteiger partial charge in [-0.25, -0.2) is 0 Å². The average molecular weight is 1020 g/mol. The van der Waals surface area contributed by atoms with E-state index in [1.807, 2.05) is 0 Å². The van der Waals surface area contributed by atoms with Gasteiger partial charge in [-0.1, -0.05) is 214 Å². The van der Waals surface area contributed by atoms with Gasteiger partial charge in [-0.3, -0.25) is 0 Å². The van der Waals surface area contributed by atoms with Crippen LogP contribution in [0.25, 0.3) is 77.3 Å². The van der Waals surface area contributed by atoms with Crippen molar-refractivity contribution in [2.24, 2.45) is 0 Å². The van der Waals surface area contributed by atoms with Crippen LogP contribution >= 0.6 is 0 Å². The number of para-hydroxylation sites is 5. The van der Waals surface area contributed by atoms with Gasteiger partial charge in [0.25, 0.3) is 0 Å². The summed E-state index contributed by atoms with van der Waals surface area (Å²) in [5, 5.41) is 4.41. The molecular formula is C75H56N2O2. The Balaban J connectivity index is 0.967. The van der Waals surface area contributed by atoms with Gasteiger partial charge in [-0.2, -0.15) is 0 Å². The first-order valence-corrected chi connectivity index (χ1v) is 28.0. The summed E-state index contributed by atoms with van der Waals surface area (Å²) in [5.74, 6) is 0. The van der Waals surface area contributed by atoms with E-state index in [9.17, 15) is 0 Å². The zero-order chi connectivity index (χ0) is 52.5. The highest BCUT2D eigenvalue weighted by molar-refractivity contribution is 6.19. The molecule has 2 unspecified atom stereocenters. The molecule has 1 aliphatic heterocycles. The van der Waals surface area contributed by atoms with E-state index in [0.29, 0.717) is 0 Å². The fourth-order valence-electron chi connectivity index (χ4n) is 14.9. The third-order valence-electron chi connectivity index (χ3n) is 18.7. The maximum atomic E-state index is 7.20. The van der Waals surface area contributed by atoms with Crippen LogP contribution in [0, 0.1) is 0 Å². The molecular weight excluding hydrogens is 961 g/mol. The second-order valence-corrected chi connectivity index (χ2v) is 22.5. The smallest absolute Gasteiger partial charge is 0.159 e. The lowest BCUT2D eigenvalue weighted by Crippen LogP contribution is -2.54. The molecule has 2 atom stereocenters. The van der Waals surface area contributed by atoms with E-state index in [0.717, 1.165) is 89.6 Å². The molecule has 4 nitrogen and oxygen atoms in total. The number of anilines is 5. The molecule has 3 aliphatic rings. The number of fused-ring (bicyclic) bond motifs is 13. The van der Waals surface area contributed by atoms with Crippen molar-refractivity contribution in [3.8, 4) is 33.4 Å². The number of rotatable bonds is 8. The average Bonchev–Trinajstić information content (AvgIpc) is 4.41. The number of benzene rings is 11. The quantitative estimate of drug-likeness (QED) is 0.152. The van der Waals surface area contributed by atoms with Crippen molar-refractivity contribution in [3.63, 3.8) is 0 Å². The Morgan fingerprint density at radius 2 is 1.01 bits per heavy atom. The van der Waals surface area contributed by atoms with Gasteiger partial charge in [0, 0.05) is 55.1 Å². The van der Waals surface area contributed by atoms with Gasteiger partial charge < -0.3 is 18.6 Å². The van der Waals surface area contributed by atoms with Gasteiger partial charge in [0.05, 0.1) is 22.3 Å². The van der Waals surface area contributed by atoms with Crippen molar-refractivity contribution < 1.29 is 8.83 Å². The predicted molar refractivity (Wildman–Crippen MR) is 327 cm³/mol. The van der Waals surface area contributed by atoms with Crippen LogP contribution in [-0.2, 0) is 10.8 Å². The highest BCUT2D eigenvalue weighted by Gasteiger charge is 2.57. The van der Waals surface area contributed by atoms with Crippen LogP contribution in [0.15, 0.2) is 264 Å². The first-order chi connectivity index (χ1) is 38.9. The van der Waals surface area contributed by atoms with Crippen molar-refractivity contribution in [1.29, 1.82) is 0 Å². The van der Waals surface area contributed by atoms with Crippen LogP contribution in [0.4, 0.5) is 28.4 Å². The number of furan rings is 2. The Bertz CT molecular complexity index is 4500. The van der Waals surface area contributed by atoms with E-state index in [-0.39, 0.29) is 11.0 Å². The molecule has 2 aromatic heterocycles. The monoisotopic (exact) mass is 1020 g/mol. The molecule has 3 heterocycles. The third-order valence-corrected chi connectivity index (χ3v) is 18.7. The molecule has 1 saturated carbocycles. The van der Waals surface area contributed by atoms with Gasteiger partial charge in [-0.15, -0.1) is 0 Å². The second-order valence-electron chi connectivity index (χ2n) is 22.5. The molecule has 0 radical (unpaired) electrons. The van der Waals surface area contributed by atoms with Crippen LogP contribution in [0.3, 0.4) is 0 Å². The van der Waals surface area contributed by atoms with Crippen LogP contribution in [0.5, 0.6) is 0 Å². The summed E-state index contributed by atoms with van der Waals surface area (Å²) >= 11 is 0. The fourth-order valence-corrected chi connectivity index (χ4v) is 14.9. The first kappa shape index (κ1) is 45.8. The van der Waals surface area contributed by atoms with Crippen LogP contribution in [0.1, 0.15) is 67.3 Å². The molecule has 13 aromatic rings. The zero-order valence-electron chi connectivity index (χ0n) is 44.3. The van der Waals surface area contributed by atoms with Gasteiger partial charge >= 0.3 is 0 Å². The molecule has 1 fully saturated rings. The Labute approximate surface area is 460 Å². The third kappa shape index (κ3) is 6.43. The summed E-state index contributed by atoms with van der Waals surface area (Å²) in [5.41, 5.74) is 21.5. The highest BCUT2D eigenvalue weighted by atomic mass is 16.3. The molecule has 16 rings (SSSR count). The SMILES string of the molecule is CC12CCCCC1(C)N(c1ccc(-c3cc4c(c5c3oc3ccccc35)-c3ccc(N(c5ccccc5-c5ccccc5)c5cccc6c5oc5ccccc56)cc3C4(c3ccccc3)c3ccccc3)cc1)c1ccccc12. The van der Waals surface area contributed by atoms with Gasteiger partial charge in [0.2, 0.25) is 0 Å². The van der Waals surface area contributed by atoms with Crippen molar-refractivity contribution in [1.82, 2.24) is 0 Å². The van der Waals surface area contributed by atoms with Crippen LogP contribution < -0.4 is 9.80 Å². The molecule has 4 heteroatoms. The Morgan fingerprint density at radius 1 is 0.418 bits per heavy atom. The van der Waals surface area contributed by atoms with Crippen LogP contribution in [-0.4, -0.2) is 5.54 Å². The Hall–Kier alpha value is -9.38. The minimum atomic E-state index is -0.764. The number of hydrogen-bond donors (Lipinski definition) is 0. The summed E-state index contributed by atoms with van der Waals surface area (Å²) in [6.07, 6.45) is 4.84. The molecule has 11 aromatic carbocycles. The minimum Gasteiger partial charge on any atom is -0.455 e. The predicted octanol–water partition coefficient (Wildman–Crippen LogP) is 20.4. The summed E-state index contributed by atoms with van der Waals surface area (Å²) in [7, 11) is 0. The van der Waals surface area contributed by atoms with Gasteiger partial charge in [0.15, 0.2) is 5.58 Å². The standard InChI is InChI=1S/C75H56N2O2/c1-73-45-20-21-46-74(73,2)77(65-35-17-15-33-61(65)73)53-41-39-50(40-42-53)60-48-63-69(70-59-31-14-19-38-68(59)79-72(60)70)58-44-43-54(47-62(58)75(63,51-25-8-4-9-26-51)52-27-10-5-11-28-52)76(64-34-16-12-29-55(64)49-23-6-3-7-24-49)66-36-22-32-57-56-30-13-18-37-67(56)78-71(57)66/h3-19,22-44,47-48H,20-21,45-46H2,1-2H3. The van der Waals surface area contributed by atoms with E-state index in [1.165, 1.54) is 69.6 Å². The molecule has 79 heavy (non-hydrogen) atoms. The number of nitrogens with zero attached hydrogens (tertiary/aromatic N) is 2. The molecule has 2 aliphatic carbocycles. The second kappa shape index (κ2) is 17.3. The van der Waals surface area contributed by atoms with Crippen LogP contribution in [0.2, 0.25) is 0 Å². The van der Waals surface area contributed by atoms with E-state index in [4.69, 9.17) is 8.83 Å². The summed E-state index contributed by atoms with van der Waals surface area (Å²) in [6.45, 7) is 5.02. The maximum absolute atomic E-state index is 7.20. The summed E-state index contributed by atoms with van der Waals surface area (Å²) in [6, 6.07) is 93.8. The van der Waals surface area contributed by atoms with E-state index in [1.54, 1.807) is 0 Å². The van der Waals surface area contributed by atoms with Gasteiger partial charge in [0.1, 0.15) is 16.7 Å². The molecule has 0 N–H and O–H groups in total.